The molecule has 2 heterocycles. The Kier molecular flexibility index (Phi) is 9.96. The zero-order chi connectivity index (χ0) is 24.4. The molecule has 0 atom stereocenters. The van der Waals surface area contributed by atoms with Gasteiger partial charge in [-0.05, 0) is 25.0 Å². The van der Waals surface area contributed by atoms with Crippen molar-refractivity contribution in [3.63, 3.8) is 0 Å². The van der Waals surface area contributed by atoms with Crippen LogP contribution < -0.4 is 21.5 Å². The van der Waals surface area contributed by atoms with E-state index in [1.54, 1.807) is 24.5 Å². The molecule has 0 radical (unpaired) electrons. The summed E-state index contributed by atoms with van der Waals surface area (Å²) in [6, 6.07) is 3.42. The van der Waals surface area contributed by atoms with Crippen LogP contribution in [0.3, 0.4) is 0 Å². The third-order valence-corrected chi connectivity index (χ3v) is 7.36. The van der Waals surface area contributed by atoms with Crippen LogP contribution in [0.15, 0.2) is 34.1 Å². The first-order valence-corrected chi connectivity index (χ1v) is 13.1. The van der Waals surface area contributed by atoms with Gasteiger partial charge in [0.15, 0.2) is 0 Å². The van der Waals surface area contributed by atoms with E-state index in [1.807, 2.05) is 0 Å². The summed E-state index contributed by atoms with van der Waals surface area (Å²) in [7, 11) is -2.03. The first kappa shape index (κ1) is 26.2. The summed E-state index contributed by atoms with van der Waals surface area (Å²) in [4.78, 5) is 35.2. The number of morpholine rings is 1. The van der Waals surface area contributed by atoms with Crippen LogP contribution in [0.4, 0.5) is 17.1 Å². The van der Waals surface area contributed by atoms with Crippen LogP contribution in [-0.4, -0.2) is 81.6 Å². The number of aromatic nitrogens is 1. The first-order valence-electron chi connectivity index (χ1n) is 11.5. The van der Waals surface area contributed by atoms with Gasteiger partial charge in [0.1, 0.15) is 11.4 Å². The summed E-state index contributed by atoms with van der Waals surface area (Å²) in [5.74, 6) is 0.0205. The highest BCUT2D eigenvalue weighted by molar-refractivity contribution is 7.88. The van der Waals surface area contributed by atoms with Crippen LogP contribution in [0.1, 0.15) is 28.5 Å². The van der Waals surface area contributed by atoms with Crippen molar-refractivity contribution in [3.8, 4) is 0 Å². The summed E-state index contributed by atoms with van der Waals surface area (Å²) in [5, 5.41) is 5.96. The average Bonchev–Trinajstić information content (AvgIpc) is 2.85. The Bertz CT molecular complexity index is 1080. The van der Waals surface area contributed by atoms with Crippen molar-refractivity contribution in [3.05, 3.63) is 45.0 Å². The van der Waals surface area contributed by atoms with Gasteiger partial charge < -0.3 is 15.4 Å². The van der Waals surface area contributed by atoms with E-state index in [4.69, 9.17) is 9.57 Å². The van der Waals surface area contributed by atoms with E-state index in [9.17, 15) is 18.0 Å². The van der Waals surface area contributed by atoms with Crippen molar-refractivity contribution in [2.45, 2.75) is 25.7 Å². The average molecular weight is 500 g/mol. The normalized spacial score (nSPS) is 15.1. The number of unbranched alkanes of at least 4 members (excludes halogenated alkanes) is 3. The highest BCUT2D eigenvalue weighted by Gasteiger charge is 2.21. The molecule has 34 heavy (non-hydrogen) atoms. The zero-order valence-corrected chi connectivity index (χ0v) is 20.3. The Morgan fingerprint density at radius 1 is 1.09 bits per heavy atom. The summed E-state index contributed by atoms with van der Waals surface area (Å²) >= 11 is 0. The molecule has 3 rings (SSSR count). The van der Waals surface area contributed by atoms with Gasteiger partial charge in [0, 0.05) is 54.2 Å². The van der Waals surface area contributed by atoms with Gasteiger partial charge in [-0.1, -0.05) is 17.3 Å². The second-order valence-electron chi connectivity index (χ2n) is 8.12. The zero-order valence-electron chi connectivity index (χ0n) is 19.5. The van der Waals surface area contributed by atoms with Crippen LogP contribution >= 0.6 is 0 Å². The minimum atomic E-state index is -3.46. The monoisotopic (exact) mass is 499 g/mol. The summed E-state index contributed by atoms with van der Waals surface area (Å²) < 4.78 is 31.0. The fraction of sp³-hybridized carbons (Fsp3) is 0.591. The highest BCUT2D eigenvalue weighted by atomic mass is 32.2. The predicted octanol–water partition coefficient (Wildman–Crippen LogP) is 1.41. The Balaban J connectivity index is 0.00000324. The lowest BCUT2D eigenvalue weighted by molar-refractivity contribution is -0.0777. The molecule has 1 fully saturated rings. The molecule has 1 saturated heterocycles. The smallest absolute Gasteiger partial charge is 0.253 e. The topological polar surface area (TPSA) is 130 Å². The predicted molar refractivity (Wildman–Crippen MR) is 135 cm³/mol. The number of sulfonamides is 1. The van der Waals surface area contributed by atoms with Crippen LogP contribution in [0.25, 0.3) is 0 Å². The van der Waals surface area contributed by atoms with Gasteiger partial charge in [0.05, 0.1) is 25.6 Å². The van der Waals surface area contributed by atoms with Crippen molar-refractivity contribution in [2.24, 2.45) is 0 Å². The van der Waals surface area contributed by atoms with E-state index < -0.39 is 20.9 Å². The van der Waals surface area contributed by atoms with Crippen molar-refractivity contribution in [2.75, 3.05) is 69.4 Å². The molecule has 0 saturated carbocycles. The molecule has 12 heteroatoms. The highest BCUT2D eigenvalue weighted by Crippen LogP contribution is 2.20. The van der Waals surface area contributed by atoms with E-state index in [-0.39, 0.29) is 14.3 Å². The number of anilines is 3. The van der Waals surface area contributed by atoms with Gasteiger partial charge in [0.25, 0.3) is 10.9 Å². The molecular weight excluding hydrogens is 462 g/mol. The van der Waals surface area contributed by atoms with Gasteiger partial charge in [-0.2, -0.15) is 0 Å². The standard InChI is InChI=1S/C22H33N5O6S.2H2/c1-26(33-16-13-27-11-14-32-15-12-27)34(30,31)17-5-3-2-4-8-24-19-20(22(29)21(19)28)25-18-6-9-23-10-7-18;;/h6-7,9-10,24H,2-5,8,11-17H2,1H3,(H,23,25);2*1H. The Morgan fingerprint density at radius 2 is 1.76 bits per heavy atom. The number of nitrogens with one attached hydrogen (secondary N) is 2. The SMILES string of the molecule is CN(OCCN1CCOCC1)S(=O)(=O)CCCCCCNc1c(Nc2ccncc2)c(=O)c1=O.[HH].[HH]. The number of ether oxygens (including phenoxy) is 1. The van der Waals surface area contributed by atoms with Gasteiger partial charge in [-0.25, -0.2) is 8.42 Å². The Hall–Kier alpha value is -2.38. The molecule has 2 aromatic rings. The number of rotatable bonds is 15. The van der Waals surface area contributed by atoms with Crippen LogP contribution in [0, 0.1) is 0 Å². The minimum absolute atomic E-state index is 0. The second-order valence-corrected chi connectivity index (χ2v) is 10.2. The fourth-order valence-electron chi connectivity index (χ4n) is 3.57. The fourth-order valence-corrected chi connectivity index (χ4v) is 4.63. The van der Waals surface area contributed by atoms with Crippen LogP contribution in [-0.2, 0) is 19.6 Å². The van der Waals surface area contributed by atoms with Gasteiger partial charge >= 0.3 is 0 Å². The maximum absolute atomic E-state index is 12.4. The number of nitrogens with zero attached hydrogens (tertiary/aromatic N) is 3. The Labute approximate surface area is 202 Å². The molecule has 0 spiro atoms. The van der Waals surface area contributed by atoms with E-state index in [0.29, 0.717) is 50.7 Å². The maximum atomic E-state index is 12.4. The lowest BCUT2D eigenvalue weighted by Crippen LogP contribution is -2.40. The first-order chi connectivity index (χ1) is 16.4. The summed E-state index contributed by atoms with van der Waals surface area (Å²) in [6.45, 7) is 4.56. The number of hydrogen-bond donors (Lipinski definition) is 2. The number of hydrogen-bond acceptors (Lipinski definition) is 10. The van der Waals surface area contributed by atoms with Crippen molar-refractivity contribution in [1.29, 1.82) is 0 Å². The van der Waals surface area contributed by atoms with Crippen molar-refractivity contribution < 1.29 is 20.8 Å². The molecule has 11 nitrogen and oxygen atoms in total. The van der Waals surface area contributed by atoms with Gasteiger partial charge in [0.2, 0.25) is 10.0 Å². The largest absolute Gasteiger partial charge is 0.380 e. The molecule has 0 bridgehead atoms. The molecular formula is C22H37N5O6S. The van der Waals surface area contributed by atoms with E-state index >= 15 is 0 Å². The van der Waals surface area contributed by atoms with E-state index in [2.05, 4.69) is 20.5 Å². The molecule has 0 aliphatic carbocycles. The molecule has 1 aliphatic heterocycles. The lowest BCUT2D eigenvalue weighted by Gasteiger charge is -2.27. The third kappa shape index (κ3) is 7.57. The number of pyridine rings is 1. The lowest BCUT2D eigenvalue weighted by atomic mass is 10.1. The number of hydroxylamine groups is 1. The second kappa shape index (κ2) is 12.9. The quantitative estimate of drug-likeness (QED) is 0.211. The minimum Gasteiger partial charge on any atom is -0.380 e. The third-order valence-electron chi connectivity index (χ3n) is 5.67. The van der Waals surface area contributed by atoms with Crippen LogP contribution in [0.2, 0.25) is 0 Å². The van der Waals surface area contributed by atoms with Gasteiger partial charge in [-0.15, -0.1) is 0 Å². The summed E-state index contributed by atoms with van der Waals surface area (Å²) in [6.07, 6.45) is 5.99. The molecule has 2 N–H and O–H groups in total. The van der Waals surface area contributed by atoms with Crippen molar-refractivity contribution in [1.82, 2.24) is 14.4 Å². The molecule has 1 aliphatic rings. The van der Waals surface area contributed by atoms with Crippen LogP contribution in [0.5, 0.6) is 0 Å². The molecule has 192 valence electrons. The molecule has 1 aromatic carbocycles. The Morgan fingerprint density at radius 3 is 2.50 bits per heavy atom. The molecule has 1 aromatic heterocycles. The van der Waals surface area contributed by atoms with E-state index in [0.717, 1.165) is 36.8 Å². The summed E-state index contributed by atoms with van der Waals surface area (Å²) in [5.41, 5.74) is 0.167. The van der Waals surface area contributed by atoms with Gasteiger partial charge in [-0.3, -0.25) is 24.3 Å². The maximum Gasteiger partial charge on any atom is 0.253 e. The van der Waals surface area contributed by atoms with E-state index in [1.165, 1.54) is 7.05 Å². The molecule has 0 unspecified atom stereocenters. The van der Waals surface area contributed by atoms with Crippen molar-refractivity contribution >= 4 is 27.1 Å². The molecule has 0 amide bonds.